The molecular weight excluding hydrogens is 435 g/mol. The van der Waals surface area contributed by atoms with Gasteiger partial charge in [0.2, 0.25) is 0 Å². The Morgan fingerprint density at radius 3 is 2.58 bits per heavy atom. The van der Waals surface area contributed by atoms with Crippen LogP contribution in [0.2, 0.25) is 5.02 Å². The van der Waals surface area contributed by atoms with Crippen molar-refractivity contribution in [3.8, 4) is 5.69 Å². The van der Waals surface area contributed by atoms with Gasteiger partial charge >= 0.3 is 6.18 Å². The minimum Gasteiger partial charge on any atom is -0.364 e. The number of rotatable bonds is 5. The van der Waals surface area contributed by atoms with E-state index in [-0.39, 0.29) is 28.6 Å². The van der Waals surface area contributed by atoms with E-state index >= 15 is 0 Å². The predicted octanol–water partition coefficient (Wildman–Crippen LogP) is 3.49. The van der Waals surface area contributed by atoms with Crippen LogP contribution in [-0.4, -0.2) is 43.0 Å². The van der Waals surface area contributed by atoms with E-state index in [1.165, 1.54) is 23.4 Å². The third-order valence-corrected chi connectivity index (χ3v) is 5.25. The Labute approximate surface area is 179 Å². The molecule has 12 heteroatoms. The zero-order valence-electron chi connectivity index (χ0n) is 16.0. The van der Waals surface area contributed by atoms with Crippen LogP contribution in [0.25, 0.3) is 5.69 Å². The monoisotopic (exact) mass is 451 g/mol. The van der Waals surface area contributed by atoms with Gasteiger partial charge < -0.3 is 10.6 Å². The summed E-state index contributed by atoms with van der Waals surface area (Å²) >= 11 is 6.00. The second-order valence-corrected chi connectivity index (χ2v) is 7.41. The molecule has 0 spiro atoms. The van der Waals surface area contributed by atoms with Crippen molar-refractivity contribution < 1.29 is 18.0 Å². The van der Waals surface area contributed by atoms with Crippen LogP contribution < -0.4 is 10.6 Å². The molecule has 3 aromatic rings. The molecular formula is C19H17ClF3N7O. The Hall–Kier alpha value is -3.21. The summed E-state index contributed by atoms with van der Waals surface area (Å²) in [6.07, 6.45) is 2.88. The van der Waals surface area contributed by atoms with E-state index in [2.05, 4.69) is 30.8 Å². The molecule has 2 atom stereocenters. The molecule has 1 unspecified atom stereocenters. The van der Waals surface area contributed by atoms with Gasteiger partial charge in [0.25, 0.3) is 5.91 Å². The van der Waals surface area contributed by atoms with Crippen LogP contribution in [0.3, 0.4) is 0 Å². The molecule has 1 saturated carbocycles. The van der Waals surface area contributed by atoms with Crippen molar-refractivity contribution in [2.75, 3.05) is 5.32 Å². The Kier molecular flexibility index (Phi) is 5.77. The van der Waals surface area contributed by atoms with E-state index in [9.17, 15) is 18.0 Å². The first-order valence-electron chi connectivity index (χ1n) is 9.45. The highest BCUT2D eigenvalue weighted by atomic mass is 35.5. The number of nitrogens with one attached hydrogen (secondary N) is 2. The number of nitrogens with zero attached hydrogens (tertiary/aromatic N) is 5. The van der Waals surface area contributed by atoms with Crippen molar-refractivity contribution in [3.63, 3.8) is 0 Å². The van der Waals surface area contributed by atoms with Crippen LogP contribution >= 0.6 is 11.6 Å². The van der Waals surface area contributed by atoms with Crippen LogP contribution in [0.4, 0.5) is 19.0 Å². The molecule has 1 amide bonds. The highest BCUT2D eigenvalue weighted by molar-refractivity contribution is 6.33. The molecule has 4 rings (SSSR count). The van der Waals surface area contributed by atoms with Gasteiger partial charge in [0, 0.05) is 24.5 Å². The quantitative estimate of drug-likeness (QED) is 0.616. The minimum absolute atomic E-state index is 0.136. The average Bonchev–Trinajstić information content (AvgIpc) is 3.41. The summed E-state index contributed by atoms with van der Waals surface area (Å²) in [5, 5.41) is 13.9. The van der Waals surface area contributed by atoms with Crippen LogP contribution in [0.5, 0.6) is 0 Å². The summed E-state index contributed by atoms with van der Waals surface area (Å²) in [6.45, 7) is 0. The minimum atomic E-state index is -4.52. The van der Waals surface area contributed by atoms with Gasteiger partial charge in [-0.25, -0.2) is 9.97 Å². The van der Waals surface area contributed by atoms with Crippen LogP contribution in [0.1, 0.15) is 35.3 Å². The molecule has 3 aromatic heterocycles. The highest BCUT2D eigenvalue weighted by Gasteiger charge is 2.33. The maximum Gasteiger partial charge on any atom is 0.417 e. The third-order valence-electron chi connectivity index (χ3n) is 4.96. The molecule has 0 aromatic carbocycles. The SMILES string of the molecule is O=C(NC1CCC[C@@H]1Nc1ncc(C(F)(F)F)cc1Cl)c1ncccc1-n1nccn1. The number of hydrogen-bond acceptors (Lipinski definition) is 6. The number of hydrogen-bond donors (Lipinski definition) is 2. The van der Waals surface area contributed by atoms with E-state index in [4.69, 9.17) is 11.6 Å². The van der Waals surface area contributed by atoms with Crippen molar-refractivity contribution in [1.82, 2.24) is 30.3 Å². The van der Waals surface area contributed by atoms with Crippen molar-refractivity contribution in [3.05, 3.63) is 59.3 Å². The molecule has 0 radical (unpaired) electrons. The van der Waals surface area contributed by atoms with E-state index in [0.717, 1.165) is 18.7 Å². The molecule has 1 aliphatic carbocycles. The van der Waals surface area contributed by atoms with E-state index in [0.29, 0.717) is 18.5 Å². The van der Waals surface area contributed by atoms with Crippen LogP contribution in [0.15, 0.2) is 43.0 Å². The largest absolute Gasteiger partial charge is 0.417 e. The number of carbonyl (C=O) groups excluding carboxylic acids is 1. The smallest absolute Gasteiger partial charge is 0.364 e. The van der Waals surface area contributed by atoms with Gasteiger partial charge in [0.05, 0.1) is 23.0 Å². The summed E-state index contributed by atoms with van der Waals surface area (Å²) in [5.74, 6) is -0.266. The Bertz CT molecular complexity index is 1070. The summed E-state index contributed by atoms with van der Waals surface area (Å²) in [7, 11) is 0. The number of carbonyl (C=O) groups is 1. The summed E-state index contributed by atoms with van der Waals surface area (Å²) < 4.78 is 38.5. The van der Waals surface area contributed by atoms with Gasteiger partial charge in [0.1, 0.15) is 11.5 Å². The number of amides is 1. The molecule has 1 aliphatic rings. The van der Waals surface area contributed by atoms with Crippen LogP contribution in [-0.2, 0) is 6.18 Å². The highest BCUT2D eigenvalue weighted by Crippen LogP contribution is 2.33. The second-order valence-electron chi connectivity index (χ2n) is 7.00. The standard InChI is InChI=1S/C19H17ClF3N7O/c20-12-9-11(19(21,22)23)10-25-17(12)28-13-3-1-4-14(13)29-18(31)16-15(5-2-6-24-16)30-26-7-8-27-30/h2,5-10,13-14H,1,3-4H2,(H,25,28)(H,29,31)/t13-,14?/m0/s1. The predicted molar refractivity (Wildman–Crippen MR) is 106 cm³/mol. The molecule has 2 N–H and O–H groups in total. The maximum absolute atomic E-state index is 12.9. The molecule has 0 aliphatic heterocycles. The van der Waals surface area contributed by atoms with Crippen molar-refractivity contribution in [2.45, 2.75) is 37.5 Å². The number of anilines is 1. The Morgan fingerprint density at radius 1 is 1.13 bits per heavy atom. The molecule has 0 saturated heterocycles. The first kappa shape index (κ1) is 21.0. The first-order chi connectivity index (χ1) is 14.8. The summed E-state index contributed by atoms with van der Waals surface area (Å²) in [4.78, 5) is 22.2. The average molecular weight is 452 g/mol. The molecule has 1 fully saturated rings. The molecule has 3 heterocycles. The van der Waals surface area contributed by atoms with Crippen molar-refractivity contribution >= 4 is 23.3 Å². The summed E-state index contributed by atoms with van der Waals surface area (Å²) in [5.41, 5.74) is -0.329. The van der Waals surface area contributed by atoms with Crippen molar-refractivity contribution in [1.29, 1.82) is 0 Å². The lowest BCUT2D eigenvalue weighted by Gasteiger charge is -2.23. The van der Waals surface area contributed by atoms with Gasteiger partial charge in [-0.2, -0.15) is 23.4 Å². The maximum atomic E-state index is 12.9. The van der Waals surface area contributed by atoms with Gasteiger partial charge in [-0.3, -0.25) is 4.79 Å². The number of alkyl halides is 3. The third kappa shape index (κ3) is 4.61. The van der Waals surface area contributed by atoms with Gasteiger partial charge in [0.15, 0.2) is 5.69 Å². The summed E-state index contributed by atoms with van der Waals surface area (Å²) in [6, 6.07) is 3.65. The fraction of sp³-hybridized carbons (Fsp3) is 0.316. The first-order valence-corrected chi connectivity index (χ1v) is 9.82. The van der Waals surface area contributed by atoms with Gasteiger partial charge in [-0.1, -0.05) is 11.6 Å². The van der Waals surface area contributed by atoms with E-state index in [1.807, 2.05) is 0 Å². The Morgan fingerprint density at radius 2 is 1.87 bits per heavy atom. The topological polar surface area (TPSA) is 97.6 Å². The normalized spacial score (nSPS) is 18.7. The zero-order chi connectivity index (χ0) is 22.0. The lowest BCUT2D eigenvalue weighted by atomic mass is 10.1. The molecule has 0 bridgehead atoms. The lowest BCUT2D eigenvalue weighted by Crippen LogP contribution is -2.44. The van der Waals surface area contributed by atoms with Gasteiger partial charge in [-0.05, 0) is 37.5 Å². The molecule has 31 heavy (non-hydrogen) atoms. The van der Waals surface area contributed by atoms with Gasteiger partial charge in [-0.15, -0.1) is 4.80 Å². The van der Waals surface area contributed by atoms with E-state index < -0.39 is 17.6 Å². The second kappa shape index (κ2) is 8.50. The van der Waals surface area contributed by atoms with E-state index in [1.54, 1.807) is 12.1 Å². The zero-order valence-corrected chi connectivity index (χ0v) is 16.7. The number of pyridine rings is 2. The Balaban J connectivity index is 1.49. The molecule has 8 nitrogen and oxygen atoms in total. The van der Waals surface area contributed by atoms with Crippen molar-refractivity contribution in [2.24, 2.45) is 0 Å². The number of halogens is 4. The lowest BCUT2D eigenvalue weighted by molar-refractivity contribution is -0.137. The molecule has 162 valence electrons. The number of aromatic nitrogens is 5. The fourth-order valence-electron chi connectivity index (χ4n) is 3.49. The fourth-order valence-corrected chi connectivity index (χ4v) is 3.71. The van der Waals surface area contributed by atoms with Crippen LogP contribution in [0, 0.1) is 0 Å².